The van der Waals surface area contributed by atoms with E-state index in [4.69, 9.17) is 5.73 Å². The zero-order chi connectivity index (χ0) is 15.0. The number of rotatable bonds is 6. The van der Waals surface area contributed by atoms with E-state index in [2.05, 4.69) is 29.5 Å². The SMILES string of the molecule is CCNC(=NCc1ccc(C(N)=O)cc1)NC(C)CC. The van der Waals surface area contributed by atoms with Crippen LogP contribution in [0.2, 0.25) is 0 Å². The number of nitrogens with two attached hydrogens (primary N) is 1. The molecule has 1 aromatic rings. The van der Waals surface area contributed by atoms with E-state index in [1.165, 1.54) is 0 Å². The molecule has 110 valence electrons. The molecule has 0 aliphatic carbocycles. The second kappa shape index (κ2) is 8.19. The predicted molar refractivity (Wildman–Crippen MR) is 82.7 cm³/mol. The third-order valence-corrected chi connectivity index (χ3v) is 3.00. The van der Waals surface area contributed by atoms with E-state index in [9.17, 15) is 4.79 Å². The molecule has 0 aromatic heterocycles. The van der Waals surface area contributed by atoms with Crippen LogP contribution in [0.1, 0.15) is 43.1 Å². The standard InChI is InChI=1S/C15H24N4O/c1-4-11(3)19-15(17-5-2)18-10-12-6-8-13(9-7-12)14(16)20/h6-9,11H,4-5,10H2,1-3H3,(H2,16,20)(H2,17,18,19). The number of carbonyl (C=O) groups is 1. The van der Waals surface area contributed by atoms with Crippen LogP contribution in [0.15, 0.2) is 29.3 Å². The maximum atomic E-state index is 11.0. The van der Waals surface area contributed by atoms with E-state index < -0.39 is 5.91 Å². The van der Waals surface area contributed by atoms with Crippen molar-refractivity contribution in [1.82, 2.24) is 10.6 Å². The van der Waals surface area contributed by atoms with Gasteiger partial charge in [-0.25, -0.2) is 4.99 Å². The summed E-state index contributed by atoms with van der Waals surface area (Å²) >= 11 is 0. The third-order valence-electron chi connectivity index (χ3n) is 3.00. The smallest absolute Gasteiger partial charge is 0.248 e. The first-order chi connectivity index (χ1) is 9.56. The first-order valence-electron chi connectivity index (χ1n) is 7.00. The van der Waals surface area contributed by atoms with Crippen molar-refractivity contribution in [2.24, 2.45) is 10.7 Å². The summed E-state index contributed by atoms with van der Waals surface area (Å²) in [5.74, 6) is 0.396. The summed E-state index contributed by atoms with van der Waals surface area (Å²) in [7, 11) is 0. The van der Waals surface area contributed by atoms with Crippen LogP contribution in [0.25, 0.3) is 0 Å². The van der Waals surface area contributed by atoms with Crippen molar-refractivity contribution in [1.29, 1.82) is 0 Å². The molecule has 0 bridgehead atoms. The van der Waals surface area contributed by atoms with Crippen LogP contribution < -0.4 is 16.4 Å². The van der Waals surface area contributed by atoms with Crippen LogP contribution in [-0.2, 0) is 6.54 Å². The van der Waals surface area contributed by atoms with E-state index in [1.54, 1.807) is 12.1 Å². The van der Waals surface area contributed by atoms with Crippen molar-refractivity contribution in [2.75, 3.05) is 6.54 Å². The highest BCUT2D eigenvalue weighted by molar-refractivity contribution is 5.92. The molecule has 0 spiro atoms. The monoisotopic (exact) mass is 276 g/mol. The molecule has 0 saturated carbocycles. The van der Waals surface area contributed by atoms with Gasteiger partial charge in [0.25, 0.3) is 0 Å². The molecule has 1 amide bonds. The molecule has 1 unspecified atom stereocenters. The van der Waals surface area contributed by atoms with Crippen LogP contribution in [0, 0.1) is 0 Å². The summed E-state index contributed by atoms with van der Waals surface area (Å²) in [6.45, 7) is 7.67. The second-order valence-electron chi connectivity index (χ2n) is 4.71. The van der Waals surface area contributed by atoms with Crippen molar-refractivity contribution in [3.05, 3.63) is 35.4 Å². The number of carbonyl (C=O) groups excluding carboxylic acids is 1. The van der Waals surface area contributed by atoms with Gasteiger partial charge in [0.2, 0.25) is 5.91 Å². The number of hydrogen-bond donors (Lipinski definition) is 3. The highest BCUT2D eigenvalue weighted by Crippen LogP contribution is 2.05. The largest absolute Gasteiger partial charge is 0.366 e. The zero-order valence-electron chi connectivity index (χ0n) is 12.4. The lowest BCUT2D eigenvalue weighted by molar-refractivity contribution is 0.100. The number of guanidine groups is 1. The van der Waals surface area contributed by atoms with Gasteiger partial charge < -0.3 is 16.4 Å². The molecule has 1 rings (SSSR count). The molecule has 5 heteroatoms. The van der Waals surface area contributed by atoms with E-state index in [1.807, 2.05) is 19.1 Å². The lowest BCUT2D eigenvalue weighted by Crippen LogP contribution is -2.41. The molecular formula is C15H24N4O. The molecular weight excluding hydrogens is 252 g/mol. The number of amides is 1. The molecule has 0 heterocycles. The number of primary amides is 1. The van der Waals surface area contributed by atoms with Crippen LogP contribution in [-0.4, -0.2) is 24.5 Å². The molecule has 0 aliphatic heterocycles. The highest BCUT2D eigenvalue weighted by Gasteiger charge is 2.03. The molecule has 20 heavy (non-hydrogen) atoms. The number of nitrogens with one attached hydrogen (secondary N) is 2. The minimum Gasteiger partial charge on any atom is -0.366 e. The number of aliphatic imine (C=N–C) groups is 1. The molecule has 0 radical (unpaired) electrons. The topological polar surface area (TPSA) is 79.5 Å². The summed E-state index contributed by atoms with van der Waals surface area (Å²) in [6.07, 6.45) is 1.04. The van der Waals surface area contributed by atoms with Crippen LogP contribution in [0.4, 0.5) is 0 Å². The summed E-state index contributed by atoms with van der Waals surface area (Å²) in [6, 6.07) is 7.57. The Morgan fingerprint density at radius 1 is 1.30 bits per heavy atom. The fourth-order valence-corrected chi connectivity index (χ4v) is 1.60. The van der Waals surface area contributed by atoms with Gasteiger partial charge in [-0.05, 0) is 38.0 Å². The molecule has 0 saturated heterocycles. The van der Waals surface area contributed by atoms with Gasteiger partial charge in [-0.3, -0.25) is 4.79 Å². The van der Waals surface area contributed by atoms with Gasteiger partial charge >= 0.3 is 0 Å². The summed E-state index contributed by atoms with van der Waals surface area (Å²) < 4.78 is 0. The fourth-order valence-electron chi connectivity index (χ4n) is 1.60. The van der Waals surface area contributed by atoms with E-state index in [0.29, 0.717) is 18.2 Å². The second-order valence-corrected chi connectivity index (χ2v) is 4.71. The van der Waals surface area contributed by atoms with Crippen molar-refractivity contribution in [3.8, 4) is 0 Å². The van der Waals surface area contributed by atoms with E-state index >= 15 is 0 Å². The molecule has 1 aromatic carbocycles. The molecule has 4 N–H and O–H groups in total. The Bertz CT molecular complexity index is 453. The lowest BCUT2D eigenvalue weighted by atomic mass is 10.1. The molecule has 0 fully saturated rings. The third kappa shape index (κ3) is 5.30. The summed E-state index contributed by atoms with van der Waals surface area (Å²) in [5, 5.41) is 6.54. The predicted octanol–water partition coefficient (Wildman–Crippen LogP) is 1.64. The van der Waals surface area contributed by atoms with Crippen molar-refractivity contribution >= 4 is 11.9 Å². The lowest BCUT2D eigenvalue weighted by Gasteiger charge is -2.16. The fraction of sp³-hybridized carbons (Fsp3) is 0.467. The van der Waals surface area contributed by atoms with Crippen molar-refractivity contribution in [2.45, 2.75) is 39.8 Å². The Balaban J connectivity index is 2.68. The van der Waals surface area contributed by atoms with Gasteiger partial charge in [-0.15, -0.1) is 0 Å². The van der Waals surface area contributed by atoms with Gasteiger partial charge in [-0.2, -0.15) is 0 Å². The number of nitrogens with zero attached hydrogens (tertiary/aromatic N) is 1. The van der Waals surface area contributed by atoms with Gasteiger partial charge in [0.05, 0.1) is 6.54 Å². The average Bonchev–Trinajstić information content (AvgIpc) is 2.45. The van der Waals surface area contributed by atoms with Crippen LogP contribution in [0.3, 0.4) is 0 Å². The van der Waals surface area contributed by atoms with Crippen LogP contribution in [0.5, 0.6) is 0 Å². The van der Waals surface area contributed by atoms with E-state index in [0.717, 1.165) is 24.5 Å². The first kappa shape index (κ1) is 16.0. The number of benzene rings is 1. The molecule has 1 atom stereocenters. The van der Waals surface area contributed by atoms with Gasteiger partial charge in [0.15, 0.2) is 5.96 Å². The maximum Gasteiger partial charge on any atom is 0.248 e. The minimum atomic E-state index is -0.410. The molecule has 0 aliphatic rings. The quantitative estimate of drug-likeness (QED) is 0.546. The van der Waals surface area contributed by atoms with Crippen molar-refractivity contribution in [3.63, 3.8) is 0 Å². The average molecular weight is 276 g/mol. The Kier molecular flexibility index (Phi) is 6.56. The van der Waals surface area contributed by atoms with Crippen LogP contribution >= 0.6 is 0 Å². The Hall–Kier alpha value is -2.04. The molecule has 5 nitrogen and oxygen atoms in total. The van der Waals surface area contributed by atoms with Crippen molar-refractivity contribution < 1.29 is 4.79 Å². The van der Waals surface area contributed by atoms with Gasteiger partial charge in [0, 0.05) is 18.2 Å². The Morgan fingerprint density at radius 2 is 1.95 bits per heavy atom. The normalized spacial score (nSPS) is 12.8. The minimum absolute atomic E-state index is 0.380. The summed E-state index contributed by atoms with van der Waals surface area (Å²) in [5.41, 5.74) is 6.76. The number of hydrogen-bond acceptors (Lipinski definition) is 2. The maximum absolute atomic E-state index is 11.0. The highest BCUT2D eigenvalue weighted by atomic mass is 16.1. The first-order valence-corrected chi connectivity index (χ1v) is 7.00. The summed E-state index contributed by atoms with van der Waals surface area (Å²) in [4.78, 5) is 15.5. The van der Waals surface area contributed by atoms with Gasteiger partial charge in [-0.1, -0.05) is 19.1 Å². The van der Waals surface area contributed by atoms with Gasteiger partial charge in [0.1, 0.15) is 0 Å². The van der Waals surface area contributed by atoms with E-state index in [-0.39, 0.29) is 0 Å². The Labute approximate surface area is 120 Å². The Morgan fingerprint density at radius 3 is 2.45 bits per heavy atom. The zero-order valence-corrected chi connectivity index (χ0v) is 12.4.